The second-order valence-corrected chi connectivity index (χ2v) is 6.33. The van der Waals surface area contributed by atoms with E-state index < -0.39 is 11.0 Å². The highest BCUT2D eigenvalue weighted by Crippen LogP contribution is 2.14. The zero-order valence-electron chi connectivity index (χ0n) is 8.90. The first-order valence-electron chi connectivity index (χ1n) is 4.47. The van der Waals surface area contributed by atoms with Crippen LogP contribution in [-0.2, 0) is 11.0 Å². The van der Waals surface area contributed by atoms with E-state index >= 15 is 0 Å². The molecule has 5 heteroatoms. The molecule has 15 heavy (non-hydrogen) atoms. The van der Waals surface area contributed by atoms with Crippen molar-refractivity contribution in [2.45, 2.75) is 25.5 Å². The van der Waals surface area contributed by atoms with Crippen molar-refractivity contribution in [3.05, 3.63) is 29.0 Å². The zero-order valence-corrected chi connectivity index (χ0v) is 10.5. The Kier molecular flexibility index (Phi) is 3.99. The van der Waals surface area contributed by atoms with Crippen LogP contribution in [-0.4, -0.2) is 20.2 Å². The lowest BCUT2D eigenvalue weighted by Gasteiger charge is -2.12. The molecule has 0 aromatic carbocycles. The average Bonchev–Trinajstić information content (AvgIpc) is 2.14. The van der Waals surface area contributed by atoms with Gasteiger partial charge < -0.3 is 0 Å². The molecule has 0 aliphatic heterocycles. The third kappa shape index (κ3) is 3.72. The fourth-order valence-electron chi connectivity index (χ4n) is 0.753. The first kappa shape index (κ1) is 12.3. The summed E-state index contributed by atoms with van der Waals surface area (Å²) < 4.78 is 15.2. The minimum absolute atomic E-state index is 0.351. The molecular formula is C10H13ClN2OS. The molecule has 0 aliphatic carbocycles. The molecule has 0 spiro atoms. The minimum atomic E-state index is -1.26. The maximum absolute atomic E-state index is 11.6. The fourth-order valence-corrected chi connectivity index (χ4v) is 1.45. The van der Waals surface area contributed by atoms with Crippen LogP contribution in [0.25, 0.3) is 0 Å². The van der Waals surface area contributed by atoms with Crippen LogP contribution in [0.2, 0.25) is 5.02 Å². The summed E-state index contributed by atoms with van der Waals surface area (Å²) in [5.74, 6) is 0. The van der Waals surface area contributed by atoms with Crippen molar-refractivity contribution in [2.75, 3.05) is 0 Å². The van der Waals surface area contributed by atoms with Crippen LogP contribution in [0.4, 0.5) is 0 Å². The highest BCUT2D eigenvalue weighted by molar-refractivity contribution is 7.85. The van der Waals surface area contributed by atoms with Crippen LogP contribution in [0.3, 0.4) is 0 Å². The third-order valence-corrected chi connectivity index (χ3v) is 3.28. The Morgan fingerprint density at radius 2 is 2.20 bits per heavy atom. The van der Waals surface area contributed by atoms with Crippen LogP contribution in [0.15, 0.2) is 22.9 Å². The molecule has 1 rings (SSSR count). The van der Waals surface area contributed by atoms with Gasteiger partial charge in [0.25, 0.3) is 0 Å². The first-order valence-corrected chi connectivity index (χ1v) is 5.95. The van der Waals surface area contributed by atoms with Gasteiger partial charge in [-0.05, 0) is 26.8 Å². The second-order valence-electron chi connectivity index (χ2n) is 3.99. The molecule has 0 unspecified atom stereocenters. The first-order chi connectivity index (χ1) is 6.91. The topological polar surface area (TPSA) is 42.3 Å². The number of halogens is 1. The summed E-state index contributed by atoms with van der Waals surface area (Å²) in [5, 5.41) is 0.507. The van der Waals surface area contributed by atoms with E-state index in [-0.39, 0.29) is 4.75 Å². The molecule has 1 atom stereocenters. The molecule has 0 radical (unpaired) electrons. The predicted octanol–water partition coefficient (Wildman–Crippen LogP) is 2.62. The van der Waals surface area contributed by atoms with Crippen molar-refractivity contribution in [3.63, 3.8) is 0 Å². The number of pyridine rings is 1. The summed E-state index contributed by atoms with van der Waals surface area (Å²) in [6.45, 7) is 5.61. The van der Waals surface area contributed by atoms with Gasteiger partial charge in [-0.25, -0.2) is 4.21 Å². The van der Waals surface area contributed by atoms with E-state index in [1.165, 1.54) is 12.4 Å². The third-order valence-electron chi connectivity index (χ3n) is 1.62. The lowest BCUT2D eigenvalue weighted by Crippen LogP contribution is -2.19. The van der Waals surface area contributed by atoms with Crippen LogP contribution in [0.5, 0.6) is 0 Å². The van der Waals surface area contributed by atoms with E-state index in [0.29, 0.717) is 5.02 Å². The van der Waals surface area contributed by atoms with Crippen LogP contribution in [0.1, 0.15) is 26.3 Å². The number of hydrogen-bond donors (Lipinski definition) is 0. The molecule has 1 aromatic heterocycles. The molecule has 0 amide bonds. The summed E-state index contributed by atoms with van der Waals surface area (Å²) in [6, 6.07) is 1.73. The van der Waals surface area contributed by atoms with Gasteiger partial charge in [-0.3, -0.25) is 4.98 Å². The summed E-state index contributed by atoms with van der Waals surface area (Å²) in [4.78, 5) is 3.85. The molecule has 0 N–H and O–H groups in total. The van der Waals surface area contributed by atoms with Gasteiger partial charge in [0.05, 0.1) is 9.77 Å². The Labute approximate surface area is 97.2 Å². The predicted molar refractivity (Wildman–Crippen MR) is 64.7 cm³/mol. The number of nitrogens with zero attached hydrogens (tertiary/aromatic N) is 2. The van der Waals surface area contributed by atoms with Gasteiger partial charge in [-0.2, -0.15) is 4.40 Å². The normalized spacial score (nSPS) is 14.4. The molecule has 0 bridgehead atoms. The monoisotopic (exact) mass is 244 g/mol. The summed E-state index contributed by atoms with van der Waals surface area (Å²) >= 11 is 5.87. The molecule has 0 saturated carbocycles. The van der Waals surface area contributed by atoms with Gasteiger partial charge in [0.15, 0.2) is 0 Å². The molecule has 0 fully saturated rings. The molecule has 1 aromatic rings. The quantitative estimate of drug-likeness (QED) is 0.751. The van der Waals surface area contributed by atoms with E-state index in [1.54, 1.807) is 12.3 Å². The zero-order chi connectivity index (χ0) is 11.5. The Morgan fingerprint density at radius 3 is 2.73 bits per heavy atom. The summed E-state index contributed by atoms with van der Waals surface area (Å²) in [6.07, 6.45) is 4.67. The molecule has 1 heterocycles. The molecule has 0 saturated heterocycles. The van der Waals surface area contributed by atoms with Gasteiger partial charge in [0.2, 0.25) is 0 Å². The van der Waals surface area contributed by atoms with Gasteiger partial charge in [-0.15, -0.1) is 0 Å². The number of hydrogen-bond acceptors (Lipinski definition) is 2. The molecule has 82 valence electrons. The summed E-state index contributed by atoms with van der Waals surface area (Å²) in [7, 11) is -1.26. The molecule has 3 nitrogen and oxygen atoms in total. The van der Waals surface area contributed by atoms with E-state index in [9.17, 15) is 4.21 Å². The Bertz CT molecular complexity index is 399. The van der Waals surface area contributed by atoms with Crippen LogP contribution >= 0.6 is 11.6 Å². The highest BCUT2D eigenvalue weighted by Gasteiger charge is 2.18. The van der Waals surface area contributed by atoms with Gasteiger partial charge >= 0.3 is 0 Å². The fraction of sp³-hybridized carbons (Fsp3) is 0.400. The minimum Gasteiger partial charge on any atom is -0.263 e. The van der Waals surface area contributed by atoms with Crippen molar-refractivity contribution >= 4 is 28.8 Å². The van der Waals surface area contributed by atoms with Crippen molar-refractivity contribution in [1.82, 2.24) is 4.98 Å². The van der Waals surface area contributed by atoms with E-state index in [0.717, 1.165) is 5.56 Å². The number of aromatic nitrogens is 1. The van der Waals surface area contributed by atoms with Crippen molar-refractivity contribution in [2.24, 2.45) is 4.40 Å². The second kappa shape index (κ2) is 4.86. The van der Waals surface area contributed by atoms with Crippen molar-refractivity contribution < 1.29 is 4.21 Å². The lowest BCUT2D eigenvalue weighted by atomic mass is 10.3. The van der Waals surface area contributed by atoms with Gasteiger partial charge in [-0.1, -0.05) is 11.6 Å². The SMILES string of the molecule is CC(C)(C)[S@@](=O)/N=C/c1ccncc1Cl. The lowest BCUT2D eigenvalue weighted by molar-refractivity contribution is 0.651. The van der Waals surface area contributed by atoms with E-state index in [1.807, 2.05) is 20.8 Å². The highest BCUT2D eigenvalue weighted by atomic mass is 35.5. The average molecular weight is 245 g/mol. The van der Waals surface area contributed by atoms with Gasteiger partial charge in [0.1, 0.15) is 11.0 Å². The standard InChI is InChI=1S/C10H13ClN2OS/c1-10(2,3)15(14)13-6-8-4-5-12-7-9(8)11/h4-7H,1-3H3/b13-6+/t15-/m1/s1. The maximum Gasteiger partial charge on any atom is 0.144 e. The van der Waals surface area contributed by atoms with E-state index in [4.69, 9.17) is 11.6 Å². The smallest absolute Gasteiger partial charge is 0.144 e. The summed E-state index contributed by atoms with van der Waals surface area (Å²) in [5.41, 5.74) is 0.726. The van der Waals surface area contributed by atoms with Gasteiger partial charge in [0, 0.05) is 24.2 Å². The maximum atomic E-state index is 11.6. The number of rotatable bonds is 2. The van der Waals surface area contributed by atoms with Crippen molar-refractivity contribution in [1.29, 1.82) is 0 Å². The molecule has 0 aliphatic rings. The van der Waals surface area contributed by atoms with Crippen LogP contribution < -0.4 is 0 Å². The molecular weight excluding hydrogens is 232 g/mol. The Hall–Kier alpha value is -0.740. The van der Waals surface area contributed by atoms with Crippen LogP contribution in [0, 0.1) is 0 Å². The van der Waals surface area contributed by atoms with Crippen molar-refractivity contribution in [3.8, 4) is 0 Å². The largest absolute Gasteiger partial charge is 0.263 e. The Morgan fingerprint density at radius 1 is 1.53 bits per heavy atom. The Balaban J connectivity index is 2.84. The van der Waals surface area contributed by atoms with E-state index in [2.05, 4.69) is 9.38 Å².